The molecular weight excluding hydrogens is 270 g/mol. The van der Waals surface area contributed by atoms with E-state index < -0.39 is 12.6 Å². The Morgan fingerprint density at radius 2 is 1.90 bits per heavy atom. The van der Waals surface area contributed by atoms with Gasteiger partial charge in [-0.15, -0.1) is 0 Å². The first kappa shape index (κ1) is 17.0. The van der Waals surface area contributed by atoms with Crippen molar-refractivity contribution in [2.45, 2.75) is 51.2 Å². The van der Waals surface area contributed by atoms with E-state index in [4.69, 9.17) is 0 Å². The normalized spacial score (nSPS) is 13.4. The third-order valence-electron chi connectivity index (χ3n) is 3.12. The van der Waals surface area contributed by atoms with Gasteiger partial charge in [-0.25, -0.2) is 4.39 Å². The molecular formula is C15H21F4N. The van der Waals surface area contributed by atoms with Gasteiger partial charge in [0, 0.05) is 12.5 Å². The third-order valence-corrected chi connectivity index (χ3v) is 3.12. The van der Waals surface area contributed by atoms with Crippen molar-refractivity contribution in [2.24, 2.45) is 0 Å². The molecule has 0 aromatic heterocycles. The van der Waals surface area contributed by atoms with Gasteiger partial charge in [0.1, 0.15) is 5.82 Å². The Labute approximate surface area is 117 Å². The van der Waals surface area contributed by atoms with Crippen molar-refractivity contribution >= 4 is 0 Å². The first-order valence-electron chi connectivity index (χ1n) is 6.96. The summed E-state index contributed by atoms with van der Waals surface area (Å²) >= 11 is 0. The Kier molecular flexibility index (Phi) is 6.99. The summed E-state index contributed by atoms with van der Waals surface area (Å²) in [5, 5.41) is 3.20. The summed E-state index contributed by atoms with van der Waals surface area (Å²) in [6.07, 6.45) is -3.12. The Hall–Kier alpha value is -1.10. The van der Waals surface area contributed by atoms with E-state index in [0.29, 0.717) is 18.4 Å². The number of nitrogens with one attached hydrogen (secondary N) is 1. The van der Waals surface area contributed by atoms with Crippen molar-refractivity contribution in [3.8, 4) is 0 Å². The number of hydrogen-bond acceptors (Lipinski definition) is 1. The fourth-order valence-corrected chi connectivity index (χ4v) is 2.10. The van der Waals surface area contributed by atoms with Crippen molar-refractivity contribution in [1.82, 2.24) is 5.32 Å². The average molecular weight is 291 g/mol. The molecule has 1 nitrogen and oxygen atoms in total. The number of alkyl halides is 3. The minimum absolute atomic E-state index is 0.0688. The van der Waals surface area contributed by atoms with Crippen molar-refractivity contribution in [2.75, 3.05) is 6.54 Å². The lowest BCUT2D eigenvalue weighted by Gasteiger charge is -2.19. The minimum atomic E-state index is -4.12. The van der Waals surface area contributed by atoms with Gasteiger partial charge in [0.25, 0.3) is 0 Å². The van der Waals surface area contributed by atoms with Crippen LogP contribution in [0.15, 0.2) is 24.3 Å². The van der Waals surface area contributed by atoms with Gasteiger partial charge >= 0.3 is 6.18 Å². The molecule has 1 atom stereocenters. The van der Waals surface area contributed by atoms with Crippen molar-refractivity contribution < 1.29 is 17.6 Å². The zero-order chi connectivity index (χ0) is 15.0. The zero-order valence-corrected chi connectivity index (χ0v) is 11.6. The van der Waals surface area contributed by atoms with E-state index in [0.717, 1.165) is 13.0 Å². The van der Waals surface area contributed by atoms with Gasteiger partial charge in [-0.2, -0.15) is 13.2 Å². The molecule has 5 heteroatoms. The maximum absolute atomic E-state index is 13.6. The Morgan fingerprint density at radius 1 is 1.20 bits per heavy atom. The summed E-state index contributed by atoms with van der Waals surface area (Å²) in [5.74, 6) is -0.299. The van der Waals surface area contributed by atoms with Gasteiger partial charge in [-0.3, -0.25) is 0 Å². The molecule has 1 N–H and O–H groups in total. The first-order chi connectivity index (χ1) is 9.42. The average Bonchev–Trinajstić information content (AvgIpc) is 2.36. The van der Waals surface area contributed by atoms with Gasteiger partial charge < -0.3 is 5.32 Å². The molecule has 0 aliphatic carbocycles. The Bertz CT molecular complexity index is 390. The van der Waals surface area contributed by atoms with Crippen molar-refractivity contribution in [3.63, 3.8) is 0 Å². The quantitative estimate of drug-likeness (QED) is 0.697. The summed E-state index contributed by atoms with van der Waals surface area (Å²) in [6.45, 7) is 2.72. The molecule has 0 aliphatic rings. The third kappa shape index (κ3) is 6.89. The SMILES string of the molecule is CCCNC(CCCC(F)(F)F)Cc1ccccc1F. The molecule has 0 radical (unpaired) electrons. The lowest BCUT2D eigenvalue weighted by atomic mass is 10.00. The molecule has 0 amide bonds. The standard InChI is InChI=1S/C15H21F4N/c1-2-10-20-13(7-5-9-15(17,18)19)11-12-6-3-4-8-14(12)16/h3-4,6,8,13,20H,2,5,7,9-11H2,1H3. The van der Waals surface area contributed by atoms with E-state index in [9.17, 15) is 17.6 Å². The van der Waals surface area contributed by atoms with Crippen molar-refractivity contribution in [1.29, 1.82) is 0 Å². The monoisotopic (exact) mass is 291 g/mol. The fourth-order valence-electron chi connectivity index (χ4n) is 2.10. The predicted molar refractivity (Wildman–Crippen MR) is 72.1 cm³/mol. The van der Waals surface area contributed by atoms with Gasteiger partial charge in [-0.1, -0.05) is 25.1 Å². The van der Waals surface area contributed by atoms with Gasteiger partial charge in [-0.05, 0) is 43.9 Å². The van der Waals surface area contributed by atoms with E-state index in [1.807, 2.05) is 6.92 Å². The van der Waals surface area contributed by atoms with E-state index in [1.165, 1.54) is 6.07 Å². The summed E-state index contributed by atoms with van der Waals surface area (Å²) in [7, 11) is 0. The van der Waals surface area contributed by atoms with Crippen LogP contribution in [0, 0.1) is 5.82 Å². The number of benzene rings is 1. The number of halogens is 4. The molecule has 114 valence electrons. The van der Waals surface area contributed by atoms with E-state index in [2.05, 4.69) is 5.32 Å². The predicted octanol–water partition coefficient (Wildman–Crippen LogP) is 4.47. The summed E-state index contributed by atoms with van der Waals surface area (Å²) < 4.78 is 50.1. The molecule has 0 spiro atoms. The highest BCUT2D eigenvalue weighted by molar-refractivity contribution is 5.18. The molecule has 1 rings (SSSR count). The molecule has 0 bridgehead atoms. The second-order valence-electron chi connectivity index (χ2n) is 4.95. The maximum atomic E-state index is 13.6. The second-order valence-corrected chi connectivity index (χ2v) is 4.95. The highest BCUT2D eigenvalue weighted by Crippen LogP contribution is 2.23. The molecule has 0 fully saturated rings. The molecule has 20 heavy (non-hydrogen) atoms. The van der Waals surface area contributed by atoms with Crippen LogP contribution >= 0.6 is 0 Å². The van der Waals surface area contributed by atoms with E-state index in [1.54, 1.807) is 18.2 Å². The van der Waals surface area contributed by atoms with Gasteiger partial charge in [0.05, 0.1) is 0 Å². The maximum Gasteiger partial charge on any atom is 0.389 e. The smallest absolute Gasteiger partial charge is 0.314 e. The molecule has 0 saturated carbocycles. The highest BCUT2D eigenvalue weighted by atomic mass is 19.4. The van der Waals surface area contributed by atoms with Crippen molar-refractivity contribution in [3.05, 3.63) is 35.6 Å². The largest absolute Gasteiger partial charge is 0.389 e. The van der Waals surface area contributed by atoms with Crippen LogP contribution in [0.3, 0.4) is 0 Å². The van der Waals surface area contributed by atoms with Crippen LogP contribution in [0.25, 0.3) is 0 Å². The number of rotatable bonds is 8. The van der Waals surface area contributed by atoms with Gasteiger partial charge in [0.2, 0.25) is 0 Å². The van der Waals surface area contributed by atoms with Crippen LogP contribution in [-0.2, 0) is 6.42 Å². The summed E-state index contributed by atoms with van der Waals surface area (Å²) in [6, 6.07) is 6.29. The zero-order valence-electron chi connectivity index (χ0n) is 11.6. The van der Waals surface area contributed by atoms with Crippen LogP contribution in [0.4, 0.5) is 17.6 Å². The lowest BCUT2D eigenvalue weighted by molar-refractivity contribution is -0.135. The van der Waals surface area contributed by atoms with Crippen LogP contribution in [0.1, 0.15) is 38.2 Å². The fraction of sp³-hybridized carbons (Fsp3) is 0.600. The molecule has 0 aliphatic heterocycles. The lowest BCUT2D eigenvalue weighted by Crippen LogP contribution is -2.32. The molecule has 1 aromatic carbocycles. The second kappa shape index (κ2) is 8.25. The number of hydrogen-bond donors (Lipinski definition) is 1. The summed E-state index contributed by atoms with van der Waals surface area (Å²) in [5.41, 5.74) is 0.549. The Balaban J connectivity index is 2.53. The first-order valence-corrected chi connectivity index (χ1v) is 6.96. The molecule has 0 heterocycles. The minimum Gasteiger partial charge on any atom is -0.314 e. The van der Waals surface area contributed by atoms with Crippen LogP contribution in [0.2, 0.25) is 0 Å². The molecule has 0 saturated heterocycles. The van der Waals surface area contributed by atoms with E-state index in [-0.39, 0.29) is 18.3 Å². The highest BCUT2D eigenvalue weighted by Gasteiger charge is 2.26. The van der Waals surface area contributed by atoms with Crippen LogP contribution < -0.4 is 5.32 Å². The van der Waals surface area contributed by atoms with Crippen LogP contribution in [0.5, 0.6) is 0 Å². The van der Waals surface area contributed by atoms with E-state index >= 15 is 0 Å². The molecule has 1 aromatic rings. The van der Waals surface area contributed by atoms with Gasteiger partial charge in [0.15, 0.2) is 0 Å². The van der Waals surface area contributed by atoms with Crippen LogP contribution in [-0.4, -0.2) is 18.8 Å². The Morgan fingerprint density at radius 3 is 2.50 bits per heavy atom. The topological polar surface area (TPSA) is 12.0 Å². The molecule has 1 unspecified atom stereocenters. The summed E-state index contributed by atoms with van der Waals surface area (Å²) in [4.78, 5) is 0.